The van der Waals surface area contributed by atoms with Crippen LogP contribution in [0.4, 0.5) is 4.39 Å². The van der Waals surface area contributed by atoms with Crippen LogP contribution < -0.4 is 0 Å². The summed E-state index contributed by atoms with van der Waals surface area (Å²) in [4.78, 5) is 9.83. The van der Waals surface area contributed by atoms with Crippen LogP contribution in [0.15, 0.2) is 48.8 Å². The van der Waals surface area contributed by atoms with E-state index in [1.54, 1.807) is 35.9 Å². The zero-order chi connectivity index (χ0) is 13.9. The highest BCUT2D eigenvalue weighted by molar-refractivity contribution is 7.15. The molecule has 1 aromatic carbocycles. The Bertz CT molecular complexity index is 705. The van der Waals surface area contributed by atoms with Gasteiger partial charge < -0.3 is 0 Å². The molecule has 0 aliphatic heterocycles. The van der Waals surface area contributed by atoms with E-state index in [9.17, 15) is 4.39 Å². The number of halogens is 1. The van der Waals surface area contributed by atoms with Crippen molar-refractivity contribution in [3.05, 3.63) is 59.6 Å². The van der Waals surface area contributed by atoms with Gasteiger partial charge in [-0.1, -0.05) is 6.92 Å². The van der Waals surface area contributed by atoms with Crippen molar-refractivity contribution in [3.8, 4) is 21.7 Å². The van der Waals surface area contributed by atoms with Crippen LogP contribution in [0.1, 0.15) is 11.9 Å². The van der Waals surface area contributed by atoms with Crippen LogP contribution >= 0.6 is 11.3 Å². The van der Waals surface area contributed by atoms with E-state index in [0.29, 0.717) is 0 Å². The molecule has 0 N–H and O–H groups in total. The molecule has 0 spiro atoms. The Morgan fingerprint density at radius 1 is 1.00 bits per heavy atom. The number of hydrogen-bond donors (Lipinski definition) is 0. The second-order valence-corrected chi connectivity index (χ2v) is 5.47. The monoisotopic (exact) mass is 284 g/mol. The fourth-order valence-corrected chi connectivity index (χ4v) is 3.05. The van der Waals surface area contributed by atoms with Crippen LogP contribution in [0.25, 0.3) is 21.7 Å². The molecular weight excluding hydrogens is 271 g/mol. The Kier molecular flexibility index (Phi) is 3.56. The summed E-state index contributed by atoms with van der Waals surface area (Å²) in [5.41, 5.74) is 2.95. The Balaban J connectivity index is 2.15. The van der Waals surface area contributed by atoms with Gasteiger partial charge in [0.1, 0.15) is 5.82 Å². The Hall–Kier alpha value is -2.07. The van der Waals surface area contributed by atoms with Gasteiger partial charge in [-0.05, 0) is 48.4 Å². The van der Waals surface area contributed by atoms with Crippen molar-refractivity contribution in [1.82, 2.24) is 9.97 Å². The van der Waals surface area contributed by atoms with Gasteiger partial charge in [-0.2, -0.15) is 0 Å². The van der Waals surface area contributed by atoms with Crippen LogP contribution in [0.2, 0.25) is 0 Å². The molecule has 0 unspecified atom stereocenters. The third-order valence-corrected chi connectivity index (χ3v) is 4.28. The van der Waals surface area contributed by atoms with Gasteiger partial charge in [0, 0.05) is 18.0 Å². The first-order valence-corrected chi connectivity index (χ1v) is 7.25. The molecule has 0 aliphatic carbocycles. The highest BCUT2D eigenvalue weighted by Gasteiger charge is 2.14. The average molecular weight is 284 g/mol. The standard InChI is InChI=1S/C16H13FN2S/c1-2-14-19-15(11-3-5-13(17)6-4-11)16(20-14)12-7-9-18-10-8-12/h3-10H,2H2,1H3. The Morgan fingerprint density at radius 3 is 2.35 bits per heavy atom. The zero-order valence-electron chi connectivity index (χ0n) is 11.0. The van der Waals surface area contributed by atoms with E-state index >= 15 is 0 Å². The number of thiazole rings is 1. The van der Waals surface area contributed by atoms with Crippen LogP contribution in [-0.2, 0) is 6.42 Å². The van der Waals surface area contributed by atoms with Crippen molar-refractivity contribution < 1.29 is 4.39 Å². The van der Waals surface area contributed by atoms with Crippen LogP contribution in [-0.4, -0.2) is 9.97 Å². The molecule has 0 saturated carbocycles. The maximum absolute atomic E-state index is 13.1. The van der Waals surface area contributed by atoms with Crippen LogP contribution in [0.5, 0.6) is 0 Å². The largest absolute Gasteiger partial charge is 0.265 e. The van der Waals surface area contributed by atoms with Gasteiger partial charge in [-0.25, -0.2) is 9.37 Å². The second kappa shape index (κ2) is 5.51. The summed E-state index contributed by atoms with van der Waals surface area (Å²) in [7, 11) is 0. The molecule has 0 bridgehead atoms. The molecule has 2 heterocycles. The molecule has 100 valence electrons. The highest BCUT2D eigenvalue weighted by Crippen LogP contribution is 2.36. The number of aryl methyl sites for hydroxylation is 1. The lowest BCUT2D eigenvalue weighted by Gasteiger charge is -2.02. The summed E-state index contributed by atoms with van der Waals surface area (Å²) in [5, 5.41) is 1.08. The summed E-state index contributed by atoms with van der Waals surface area (Å²) in [6.07, 6.45) is 4.44. The zero-order valence-corrected chi connectivity index (χ0v) is 11.8. The molecule has 3 rings (SSSR count). The molecule has 20 heavy (non-hydrogen) atoms. The van der Waals surface area contributed by atoms with E-state index in [2.05, 4.69) is 16.9 Å². The van der Waals surface area contributed by atoms with Crippen molar-refractivity contribution in [2.75, 3.05) is 0 Å². The minimum absolute atomic E-state index is 0.231. The van der Waals surface area contributed by atoms with Crippen molar-refractivity contribution in [2.45, 2.75) is 13.3 Å². The normalized spacial score (nSPS) is 10.7. The third kappa shape index (κ3) is 2.47. The first-order valence-electron chi connectivity index (χ1n) is 6.44. The van der Waals surface area contributed by atoms with E-state index in [4.69, 9.17) is 0 Å². The number of rotatable bonds is 3. The first kappa shape index (κ1) is 12.9. The van der Waals surface area contributed by atoms with E-state index < -0.39 is 0 Å². The molecule has 4 heteroatoms. The van der Waals surface area contributed by atoms with E-state index in [-0.39, 0.29) is 5.82 Å². The average Bonchev–Trinajstić information content (AvgIpc) is 2.93. The lowest BCUT2D eigenvalue weighted by atomic mass is 10.1. The van der Waals surface area contributed by atoms with Gasteiger partial charge in [0.25, 0.3) is 0 Å². The van der Waals surface area contributed by atoms with E-state index in [1.165, 1.54) is 12.1 Å². The Morgan fingerprint density at radius 2 is 1.70 bits per heavy atom. The fraction of sp³-hybridized carbons (Fsp3) is 0.125. The summed E-state index contributed by atoms with van der Waals surface area (Å²) < 4.78 is 13.1. The van der Waals surface area contributed by atoms with Gasteiger partial charge in [-0.3, -0.25) is 4.98 Å². The third-order valence-electron chi connectivity index (χ3n) is 3.03. The molecule has 2 nitrogen and oxygen atoms in total. The number of hydrogen-bond acceptors (Lipinski definition) is 3. The van der Waals surface area contributed by atoms with Gasteiger partial charge in [0.15, 0.2) is 0 Å². The molecule has 3 aromatic rings. The maximum Gasteiger partial charge on any atom is 0.123 e. The van der Waals surface area contributed by atoms with Crippen molar-refractivity contribution in [2.24, 2.45) is 0 Å². The minimum atomic E-state index is -0.231. The SMILES string of the molecule is CCc1nc(-c2ccc(F)cc2)c(-c2ccncc2)s1. The Labute approximate surface area is 121 Å². The lowest BCUT2D eigenvalue weighted by Crippen LogP contribution is -1.84. The summed E-state index contributed by atoms with van der Waals surface area (Å²) in [6.45, 7) is 2.09. The summed E-state index contributed by atoms with van der Waals surface area (Å²) >= 11 is 1.68. The highest BCUT2D eigenvalue weighted by atomic mass is 32.1. The van der Waals surface area contributed by atoms with Crippen molar-refractivity contribution >= 4 is 11.3 Å². The molecule has 0 atom stereocenters. The van der Waals surface area contributed by atoms with Crippen molar-refractivity contribution in [1.29, 1.82) is 0 Å². The number of aromatic nitrogens is 2. The summed E-state index contributed by atoms with van der Waals surface area (Å²) in [6, 6.07) is 10.4. The van der Waals surface area contributed by atoms with Crippen LogP contribution in [0, 0.1) is 5.82 Å². The topological polar surface area (TPSA) is 25.8 Å². The van der Waals surface area contributed by atoms with Gasteiger partial charge >= 0.3 is 0 Å². The molecule has 0 aliphatic rings. The number of pyridine rings is 1. The predicted molar refractivity (Wildman–Crippen MR) is 80.1 cm³/mol. The quantitative estimate of drug-likeness (QED) is 0.704. The van der Waals surface area contributed by atoms with Gasteiger partial charge in [-0.15, -0.1) is 11.3 Å². The number of benzene rings is 1. The smallest absolute Gasteiger partial charge is 0.123 e. The predicted octanol–water partition coefficient (Wildman–Crippen LogP) is 4.57. The van der Waals surface area contributed by atoms with Gasteiger partial charge in [0.05, 0.1) is 15.6 Å². The maximum atomic E-state index is 13.1. The molecule has 0 radical (unpaired) electrons. The second-order valence-electron chi connectivity index (χ2n) is 4.38. The first-order chi connectivity index (χ1) is 9.78. The minimum Gasteiger partial charge on any atom is -0.265 e. The van der Waals surface area contributed by atoms with E-state index in [0.717, 1.165) is 33.1 Å². The molecule has 2 aromatic heterocycles. The van der Waals surface area contributed by atoms with E-state index in [1.807, 2.05) is 12.1 Å². The molecule has 0 fully saturated rings. The van der Waals surface area contributed by atoms with Crippen LogP contribution in [0.3, 0.4) is 0 Å². The summed E-state index contributed by atoms with van der Waals surface area (Å²) in [5.74, 6) is -0.231. The fourth-order valence-electron chi connectivity index (χ4n) is 2.02. The molecule has 0 saturated heterocycles. The molecule has 0 amide bonds. The van der Waals surface area contributed by atoms with Gasteiger partial charge in [0.2, 0.25) is 0 Å². The van der Waals surface area contributed by atoms with Crippen molar-refractivity contribution in [3.63, 3.8) is 0 Å². The lowest BCUT2D eigenvalue weighted by molar-refractivity contribution is 0.628. The molecular formula is C16H13FN2S. The number of nitrogens with zero attached hydrogens (tertiary/aromatic N) is 2.